The first-order valence-corrected chi connectivity index (χ1v) is 9.53. The third-order valence-electron chi connectivity index (χ3n) is 5.34. The minimum atomic E-state index is -0.308. The summed E-state index contributed by atoms with van der Waals surface area (Å²) in [7, 11) is 0. The lowest BCUT2D eigenvalue weighted by Crippen LogP contribution is -2.32. The second-order valence-corrected chi connectivity index (χ2v) is 7.19. The standard InChI is InChI=1S/C21H24N4O2/c26-20-13-17(21(27)23-14-16-7-9-22-10-8-16)15-25(20)19-5-3-18(4-6-19)24-11-1-2-12-24/h3-10,17H,1-2,11-15H2,(H,23,27). The molecule has 1 N–H and O–H groups in total. The lowest BCUT2D eigenvalue weighted by atomic mass is 10.1. The molecule has 0 aliphatic carbocycles. The average molecular weight is 364 g/mol. The Bertz CT molecular complexity index is 801. The van der Waals surface area contributed by atoms with Gasteiger partial charge in [-0.3, -0.25) is 14.6 Å². The van der Waals surface area contributed by atoms with Gasteiger partial charge in [-0.15, -0.1) is 0 Å². The van der Waals surface area contributed by atoms with E-state index in [0.717, 1.165) is 24.3 Å². The van der Waals surface area contributed by atoms with Crippen molar-refractivity contribution in [2.24, 2.45) is 5.92 Å². The van der Waals surface area contributed by atoms with Gasteiger partial charge >= 0.3 is 0 Å². The molecule has 6 heteroatoms. The van der Waals surface area contributed by atoms with Crippen LogP contribution in [0.1, 0.15) is 24.8 Å². The number of nitrogens with zero attached hydrogens (tertiary/aromatic N) is 3. The van der Waals surface area contributed by atoms with E-state index in [9.17, 15) is 9.59 Å². The van der Waals surface area contributed by atoms with E-state index in [1.165, 1.54) is 18.5 Å². The first-order valence-electron chi connectivity index (χ1n) is 9.53. The van der Waals surface area contributed by atoms with E-state index in [4.69, 9.17) is 0 Å². The van der Waals surface area contributed by atoms with E-state index < -0.39 is 0 Å². The smallest absolute Gasteiger partial charge is 0.227 e. The third kappa shape index (κ3) is 3.94. The fourth-order valence-electron chi connectivity index (χ4n) is 3.79. The molecule has 2 saturated heterocycles. The van der Waals surface area contributed by atoms with Crippen molar-refractivity contribution >= 4 is 23.2 Å². The maximum absolute atomic E-state index is 12.5. The van der Waals surface area contributed by atoms with Crippen LogP contribution >= 0.6 is 0 Å². The van der Waals surface area contributed by atoms with Gasteiger partial charge in [-0.25, -0.2) is 0 Å². The molecular weight excluding hydrogens is 340 g/mol. The van der Waals surface area contributed by atoms with E-state index in [2.05, 4.69) is 27.3 Å². The summed E-state index contributed by atoms with van der Waals surface area (Å²) >= 11 is 0. The van der Waals surface area contributed by atoms with Gasteiger partial charge in [0.05, 0.1) is 5.92 Å². The fraction of sp³-hybridized carbons (Fsp3) is 0.381. The number of hydrogen-bond acceptors (Lipinski definition) is 4. The fourth-order valence-corrected chi connectivity index (χ4v) is 3.79. The van der Waals surface area contributed by atoms with Crippen LogP contribution in [0.3, 0.4) is 0 Å². The predicted octanol–water partition coefficient (Wildman–Crippen LogP) is 2.35. The second-order valence-electron chi connectivity index (χ2n) is 7.19. The zero-order valence-corrected chi connectivity index (χ0v) is 15.3. The molecule has 3 heterocycles. The summed E-state index contributed by atoms with van der Waals surface area (Å²) in [5, 5.41) is 2.93. The highest BCUT2D eigenvalue weighted by molar-refractivity contribution is 6.00. The van der Waals surface area contributed by atoms with E-state index in [-0.39, 0.29) is 24.2 Å². The molecule has 140 valence electrons. The van der Waals surface area contributed by atoms with E-state index in [0.29, 0.717) is 13.1 Å². The van der Waals surface area contributed by atoms with E-state index in [1.54, 1.807) is 17.3 Å². The molecule has 4 rings (SSSR count). The van der Waals surface area contributed by atoms with Crippen molar-refractivity contribution in [3.8, 4) is 0 Å². The summed E-state index contributed by atoms with van der Waals surface area (Å²) in [5.41, 5.74) is 3.07. The normalized spacial score (nSPS) is 19.6. The van der Waals surface area contributed by atoms with Gasteiger partial charge in [-0.2, -0.15) is 0 Å². The molecular formula is C21H24N4O2. The first kappa shape index (κ1) is 17.5. The average Bonchev–Trinajstić information content (AvgIpc) is 3.37. The number of nitrogens with one attached hydrogen (secondary N) is 1. The minimum absolute atomic E-state index is 0.00739. The van der Waals surface area contributed by atoms with Crippen LogP contribution in [0.15, 0.2) is 48.8 Å². The van der Waals surface area contributed by atoms with E-state index in [1.807, 2.05) is 24.3 Å². The molecule has 2 amide bonds. The Labute approximate surface area is 159 Å². The van der Waals surface area contributed by atoms with Gasteiger partial charge in [0.1, 0.15) is 0 Å². The van der Waals surface area contributed by atoms with Crippen LogP contribution in [0.25, 0.3) is 0 Å². The Hall–Kier alpha value is -2.89. The summed E-state index contributed by atoms with van der Waals surface area (Å²) < 4.78 is 0. The molecule has 1 aromatic carbocycles. The summed E-state index contributed by atoms with van der Waals surface area (Å²) in [6, 6.07) is 11.9. The molecule has 1 atom stereocenters. The van der Waals surface area contributed by atoms with Crippen molar-refractivity contribution in [1.82, 2.24) is 10.3 Å². The van der Waals surface area contributed by atoms with Gasteiger partial charge in [-0.05, 0) is 54.8 Å². The molecule has 2 aliphatic heterocycles. The number of rotatable bonds is 5. The van der Waals surface area contributed by atoms with Crippen LogP contribution in [-0.2, 0) is 16.1 Å². The number of hydrogen-bond donors (Lipinski definition) is 1. The van der Waals surface area contributed by atoms with Crippen molar-refractivity contribution in [2.75, 3.05) is 29.4 Å². The highest BCUT2D eigenvalue weighted by Gasteiger charge is 2.35. The molecule has 6 nitrogen and oxygen atoms in total. The molecule has 2 aromatic rings. The Morgan fingerprint density at radius 2 is 1.70 bits per heavy atom. The predicted molar refractivity (Wildman–Crippen MR) is 104 cm³/mol. The van der Waals surface area contributed by atoms with Crippen LogP contribution in [0.4, 0.5) is 11.4 Å². The van der Waals surface area contributed by atoms with Crippen LogP contribution in [-0.4, -0.2) is 36.4 Å². The molecule has 2 fully saturated rings. The van der Waals surface area contributed by atoms with Gasteiger partial charge in [-0.1, -0.05) is 0 Å². The lowest BCUT2D eigenvalue weighted by Gasteiger charge is -2.20. The van der Waals surface area contributed by atoms with E-state index >= 15 is 0 Å². The van der Waals surface area contributed by atoms with Gasteiger partial charge in [0.15, 0.2) is 0 Å². The SMILES string of the molecule is O=C(NCc1ccncc1)C1CC(=O)N(c2ccc(N3CCCC3)cc2)C1. The maximum atomic E-state index is 12.5. The quantitative estimate of drug-likeness (QED) is 0.884. The maximum Gasteiger partial charge on any atom is 0.227 e. The number of pyridine rings is 1. The van der Waals surface area contributed by atoms with Gasteiger partial charge in [0, 0.05) is 56.4 Å². The Balaban J connectivity index is 1.36. The monoisotopic (exact) mass is 364 g/mol. The molecule has 27 heavy (non-hydrogen) atoms. The topological polar surface area (TPSA) is 65.5 Å². The van der Waals surface area contributed by atoms with Crippen LogP contribution in [0, 0.1) is 5.92 Å². The van der Waals surface area contributed by atoms with Gasteiger partial charge < -0.3 is 15.1 Å². The van der Waals surface area contributed by atoms with Gasteiger partial charge in [0.2, 0.25) is 11.8 Å². The number of benzene rings is 1. The summed E-state index contributed by atoms with van der Waals surface area (Å²) in [6.07, 6.45) is 6.14. The second kappa shape index (κ2) is 7.78. The number of carbonyl (C=O) groups excluding carboxylic acids is 2. The molecule has 1 aromatic heterocycles. The number of carbonyl (C=O) groups is 2. The van der Waals surface area contributed by atoms with Crippen molar-refractivity contribution in [1.29, 1.82) is 0 Å². The summed E-state index contributed by atoms with van der Waals surface area (Å²) in [5.74, 6) is -0.373. The Morgan fingerprint density at radius 3 is 2.41 bits per heavy atom. The zero-order chi connectivity index (χ0) is 18.6. The highest BCUT2D eigenvalue weighted by atomic mass is 16.2. The first-order chi connectivity index (χ1) is 13.2. The minimum Gasteiger partial charge on any atom is -0.372 e. The highest BCUT2D eigenvalue weighted by Crippen LogP contribution is 2.28. The Kier molecular flexibility index (Phi) is 5.05. The molecule has 1 unspecified atom stereocenters. The molecule has 0 spiro atoms. The molecule has 2 aliphatic rings. The van der Waals surface area contributed by atoms with Crippen molar-refractivity contribution in [3.63, 3.8) is 0 Å². The van der Waals surface area contributed by atoms with Crippen LogP contribution in [0.5, 0.6) is 0 Å². The number of amides is 2. The molecule has 0 radical (unpaired) electrons. The largest absolute Gasteiger partial charge is 0.372 e. The Morgan fingerprint density at radius 1 is 1.04 bits per heavy atom. The lowest BCUT2D eigenvalue weighted by molar-refractivity contribution is -0.126. The molecule has 0 bridgehead atoms. The summed E-state index contributed by atoms with van der Waals surface area (Å²) in [6.45, 7) is 3.09. The van der Waals surface area contributed by atoms with Crippen LogP contribution in [0.2, 0.25) is 0 Å². The third-order valence-corrected chi connectivity index (χ3v) is 5.34. The number of anilines is 2. The number of aromatic nitrogens is 1. The zero-order valence-electron chi connectivity index (χ0n) is 15.3. The van der Waals surface area contributed by atoms with Gasteiger partial charge in [0.25, 0.3) is 0 Å². The van der Waals surface area contributed by atoms with Crippen molar-refractivity contribution in [3.05, 3.63) is 54.4 Å². The molecule has 0 saturated carbocycles. The summed E-state index contributed by atoms with van der Waals surface area (Å²) in [4.78, 5) is 32.9. The van der Waals surface area contributed by atoms with Crippen LogP contribution < -0.4 is 15.1 Å². The van der Waals surface area contributed by atoms with Crippen molar-refractivity contribution in [2.45, 2.75) is 25.8 Å². The van der Waals surface area contributed by atoms with Crippen molar-refractivity contribution < 1.29 is 9.59 Å².